The Morgan fingerprint density at radius 3 is 2.33 bits per heavy atom. The van der Waals surface area contributed by atoms with Crippen LogP contribution in [0, 0.1) is 0 Å². The summed E-state index contributed by atoms with van der Waals surface area (Å²) in [7, 11) is 1.27. The fraction of sp³-hybridized carbons (Fsp3) is 0.318. The minimum Gasteiger partial charge on any atom is -0.508 e. The highest BCUT2D eigenvalue weighted by molar-refractivity contribution is 5.89. The standard InChI is InChI=1S/C22H22O11/c1-30-14-7-13-16(11(25)6-12(31-13)9-2-4-10(24)5-3-9)18(27)21(14)33-22-20(29)19(28)17(26)15(8-23)32-22/h2-7,15,17,19-20,22-24,26-29H,8H2,1H3/t15-,17-,19+,20-,22+/m0/s1. The molecule has 1 aromatic heterocycles. The number of aliphatic hydroxyl groups is 4. The number of phenolic OH excluding ortho intramolecular Hbond substituents is 2. The molecule has 3 aromatic rings. The van der Waals surface area contributed by atoms with Crippen LogP contribution in [0.3, 0.4) is 0 Å². The first-order valence-corrected chi connectivity index (χ1v) is 9.89. The average Bonchev–Trinajstić information content (AvgIpc) is 2.80. The number of ether oxygens (including phenoxy) is 3. The van der Waals surface area contributed by atoms with Crippen LogP contribution in [0.1, 0.15) is 0 Å². The first-order chi connectivity index (χ1) is 15.7. The molecule has 0 bridgehead atoms. The first kappa shape index (κ1) is 22.8. The number of aromatic hydroxyl groups is 2. The molecule has 2 heterocycles. The molecule has 1 aliphatic heterocycles. The Morgan fingerprint density at radius 2 is 1.70 bits per heavy atom. The fourth-order valence-corrected chi connectivity index (χ4v) is 3.58. The molecule has 0 saturated carbocycles. The van der Waals surface area contributed by atoms with Crippen molar-refractivity contribution in [2.75, 3.05) is 13.7 Å². The lowest BCUT2D eigenvalue weighted by atomic mass is 9.99. The second kappa shape index (κ2) is 8.89. The van der Waals surface area contributed by atoms with Gasteiger partial charge >= 0.3 is 0 Å². The summed E-state index contributed by atoms with van der Waals surface area (Å²) in [5.41, 5.74) is -0.133. The van der Waals surface area contributed by atoms with Gasteiger partial charge in [0.1, 0.15) is 46.9 Å². The van der Waals surface area contributed by atoms with Crippen molar-refractivity contribution >= 4 is 11.0 Å². The zero-order chi connectivity index (χ0) is 23.9. The van der Waals surface area contributed by atoms with E-state index in [0.717, 1.165) is 6.07 Å². The third-order valence-corrected chi connectivity index (χ3v) is 5.37. The summed E-state index contributed by atoms with van der Waals surface area (Å²) in [6.07, 6.45) is -7.88. The Bertz CT molecular complexity index is 1200. The second-order valence-corrected chi connectivity index (χ2v) is 7.47. The lowest BCUT2D eigenvalue weighted by Crippen LogP contribution is -2.60. The van der Waals surface area contributed by atoms with Crippen LogP contribution in [0.25, 0.3) is 22.3 Å². The van der Waals surface area contributed by atoms with Crippen LogP contribution >= 0.6 is 0 Å². The molecule has 1 fully saturated rings. The van der Waals surface area contributed by atoms with Gasteiger partial charge in [0.2, 0.25) is 12.0 Å². The van der Waals surface area contributed by atoms with E-state index in [1.807, 2.05) is 0 Å². The number of hydrogen-bond acceptors (Lipinski definition) is 11. The molecule has 4 rings (SSSR count). The van der Waals surface area contributed by atoms with Gasteiger partial charge in [0.15, 0.2) is 16.9 Å². The number of rotatable bonds is 5. The normalized spacial score (nSPS) is 25.2. The summed E-state index contributed by atoms with van der Waals surface area (Å²) in [5.74, 6) is -0.901. The highest BCUT2D eigenvalue weighted by Crippen LogP contribution is 2.43. The van der Waals surface area contributed by atoms with Crippen LogP contribution in [-0.2, 0) is 4.74 Å². The quantitative estimate of drug-likeness (QED) is 0.302. The smallest absolute Gasteiger partial charge is 0.229 e. The number of hydrogen-bond donors (Lipinski definition) is 6. The lowest BCUT2D eigenvalue weighted by molar-refractivity contribution is -0.277. The lowest BCUT2D eigenvalue weighted by Gasteiger charge is -2.39. The van der Waals surface area contributed by atoms with Crippen molar-refractivity contribution in [3.63, 3.8) is 0 Å². The van der Waals surface area contributed by atoms with E-state index in [4.69, 9.17) is 18.6 Å². The van der Waals surface area contributed by atoms with Gasteiger partial charge < -0.3 is 49.3 Å². The van der Waals surface area contributed by atoms with Gasteiger partial charge in [0.25, 0.3) is 0 Å². The predicted molar refractivity (Wildman–Crippen MR) is 112 cm³/mol. The summed E-state index contributed by atoms with van der Waals surface area (Å²) in [4.78, 5) is 12.8. The van der Waals surface area contributed by atoms with Crippen LogP contribution in [-0.4, -0.2) is 75.1 Å². The van der Waals surface area contributed by atoms with Gasteiger partial charge in [-0.05, 0) is 24.3 Å². The SMILES string of the molecule is COc1cc2oc(-c3ccc(O)cc3)cc(=O)c2c(O)c1O[C@H]1O[C@@H](CO)[C@H](O)[C@@H](O)[C@@H]1O. The molecule has 0 aliphatic carbocycles. The molecule has 1 aliphatic rings. The van der Waals surface area contributed by atoms with Crippen molar-refractivity contribution in [2.45, 2.75) is 30.7 Å². The van der Waals surface area contributed by atoms with E-state index >= 15 is 0 Å². The van der Waals surface area contributed by atoms with Crippen LogP contribution in [0.15, 0.2) is 45.6 Å². The highest BCUT2D eigenvalue weighted by Gasteiger charge is 2.45. The van der Waals surface area contributed by atoms with Gasteiger partial charge in [-0.25, -0.2) is 0 Å². The Labute approximate surface area is 186 Å². The van der Waals surface area contributed by atoms with E-state index in [1.165, 1.54) is 25.3 Å². The van der Waals surface area contributed by atoms with Gasteiger partial charge in [-0.15, -0.1) is 0 Å². The van der Waals surface area contributed by atoms with Crippen molar-refractivity contribution < 1.29 is 49.3 Å². The molecule has 5 atom stereocenters. The maximum absolute atomic E-state index is 12.8. The van der Waals surface area contributed by atoms with Crippen LogP contribution in [0.2, 0.25) is 0 Å². The third-order valence-electron chi connectivity index (χ3n) is 5.37. The van der Waals surface area contributed by atoms with E-state index in [9.17, 15) is 35.4 Å². The Kier molecular flexibility index (Phi) is 6.15. The average molecular weight is 462 g/mol. The molecule has 33 heavy (non-hydrogen) atoms. The van der Waals surface area contributed by atoms with Crippen molar-refractivity contribution in [3.05, 3.63) is 46.6 Å². The number of phenols is 2. The largest absolute Gasteiger partial charge is 0.508 e. The molecule has 0 spiro atoms. The van der Waals surface area contributed by atoms with Crippen LogP contribution in [0.4, 0.5) is 0 Å². The van der Waals surface area contributed by atoms with Crippen molar-refractivity contribution in [1.82, 2.24) is 0 Å². The topological polar surface area (TPSA) is 179 Å². The third kappa shape index (κ3) is 4.08. The number of methoxy groups -OCH3 is 1. The van der Waals surface area contributed by atoms with Crippen LogP contribution in [0.5, 0.6) is 23.0 Å². The fourth-order valence-electron chi connectivity index (χ4n) is 3.58. The molecule has 0 amide bonds. The maximum atomic E-state index is 12.8. The van der Waals surface area contributed by atoms with Gasteiger partial charge in [-0.1, -0.05) is 0 Å². The molecule has 2 aromatic carbocycles. The zero-order valence-corrected chi connectivity index (χ0v) is 17.3. The molecular weight excluding hydrogens is 440 g/mol. The molecule has 176 valence electrons. The number of benzene rings is 2. The van der Waals surface area contributed by atoms with E-state index < -0.39 is 48.5 Å². The number of fused-ring (bicyclic) bond motifs is 1. The molecule has 1 saturated heterocycles. The predicted octanol–water partition coefficient (Wildman–Crippen LogP) is 0.0585. The zero-order valence-electron chi connectivity index (χ0n) is 17.3. The highest BCUT2D eigenvalue weighted by atomic mass is 16.7. The summed E-state index contributed by atoms with van der Waals surface area (Å²) in [5, 5.41) is 59.5. The molecule has 0 radical (unpaired) electrons. The molecular formula is C22H22O11. The maximum Gasteiger partial charge on any atom is 0.229 e. The first-order valence-electron chi connectivity index (χ1n) is 9.89. The molecule has 11 nitrogen and oxygen atoms in total. The Morgan fingerprint density at radius 1 is 1.00 bits per heavy atom. The van der Waals surface area contributed by atoms with Crippen molar-refractivity contribution in [1.29, 1.82) is 0 Å². The minimum atomic E-state index is -1.74. The van der Waals surface area contributed by atoms with E-state index in [-0.39, 0.29) is 34.0 Å². The van der Waals surface area contributed by atoms with Gasteiger partial charge in [0.05, 0.1) is 13.7 Å². The van der Waals surface area contributed by atoms with E-state index in [2.05, 4.69) is 0 Å². The molecule has 6 N–H and O–H groups in total. The van der Waals surface area contributed by atoms with Gasteiger partial charge in [-0.2, -0.15) is 0 Å². The monoisotopic (exact) mass is 462 g/mol. The molecule has 0 unspecified atom stereocenters. The van der Waals surface area contributed by atoms with Gasteiger partial charge in [0, 0.05) is 17.7 Å². The summed E-state index contributed by atoms with van der Waals surface area (Å²) >= 11 is 0. The second-order valence-electron chi connectivity index (χ2n) is 7.47. The van der Waals surface area contributed by atoms with E-state index in [1.54, 1.807) is 12.1 Å². The molecule has 11 heteroatoms. The summed E-state index contributed by atoms with van der Waals surface area (Å²) in [6.45, 7) is -0.671. The van der Waals surface area contributed by atoms with Gasteiger partial charge in [-0.3, -0.25) is 4.79 Å². The Hall–Kier alpha value is -3.35. The summed E-state index contributed by atoms with van der Waals surface area (Å²) in [6, 6.07) is 8.39. The van der Waals surface area contributed by atoms with Crippen molar-refractivity contribution in [2.24, 2.45) is 0 Å². The Balaban J connectivity index is 1.77. The summed E-state index contributed by atoms with van der Waals surface area (Å²) < 4.78 is 21.8. The van der Waals surface area contributed by atoms with E-state index in [0.29, 0.717) is 5.56 Å². The van der Waals surface area contributed by atoms with Crippen LogP contribution < -0.4 is 14.9 Å². The van der Waals surface area contributed by atoms with Crippen molar-refractivity contribution in [3.8, 4) is 34.3 Å². The minimum absolute atomic E-state index is 0.0268. The number of aliphatic hydroxyl groups excluding tert-OH is 4.